The Kier molecular flexibility index (Phi) is 4.25. The fourth-order valence-corrected chi connectivity index (χ4v) is 3.07. The first kappa shape index (κ1) is 13.8. The Morgan fingerprint density at radius 2 is 2.11 bits per heavy atom. The van der Waals surface area contributed by atoms with Crippen molar-refractivity contribution in [1.82, 2.24) is 0 Å². The topological polar surface area (TPSA) is 35.2 Å². The van der Waals surface area contributed by atoms with Crippen LogP contribution < -0.4 is 5.73 Å². The predicted octanol–water partition coefficient (Wildman–Crippen LogP) is 3.31. The van der Waals surface area contributed by atoms with Crippen LogP contribution in [0.2, 0.25) is 5.02 Å². The highest BCUT2D eigenvalue weighted by atomic mass is 35.5. The van der Waals surface area contributed by atoms with Crippen LogP contribution in [0.3, 0.4) is 0 Å². The minimum atomic E-state index is -0.314. The lowest BCUT2D eigenvalue weighted by Gasteiger charge is -2.34. The molecule has 0 heterocycles. The van der Waals surface area contributed by atoms with E-state index in [0.29, 0.717) is 17.0 Å². The Hall–Kier alpha value is -0.640. The van der Waals surface area contributed by atoms with Crippen molar-refractivity contribution in [3.63, 3.8) is 0 Å². The molecule has 18 heavy (non-hydrogen) atoms. The molecule has 0 aromatic heterocycles. The van der Waals surface area contributed by atoms with Crippen LogP contribution in [0.15, 0.2) is 18.2 Å². The van der Waals surface area contributed by atoms with Crippen LogP contribution in [-0.4, -0.2) is 18.8 Å². The summed E-state index contributed by atoms with van der Waals surface area (Å²) in [6, 6.07) is 4.50. The second-order valence-corrected chi connectivity index (χ2v) is 5.39. The maximum Gasteiger partial charge on any atom is 0.127 e. The van der Waals surface area contributed by atoms with Crippen molar-refractivity contribution in [3.8, 4) is 0 Å². The molecule has 4 heteroatoms. The van der Waals surface area contributed by atoms with E-state index in [-0.39, 0.29) is 17.5 Å². The van der Waals surface area contributed by atoms with Crippen molar-refractivity contribution in [2.75, 3.05) is 7.11 Å². The standard InChI is InChI=1S/C14H19ClFNO/c1-18-14(7-2-3-8-14)13(17)9-10-11(15)5-4-6-12(10)16/h4-6,13H,2-3,7-9,17H2,1H3. The molecule has 1 aliphatic carbocycles. The van der Waals surface area contributed by atoms with Gasteiger partial charge >= 0.3 is 0 Å². The third-order valence-corrected chi connectivity index (χ3v) is 4.37. The molecule has 1 atom stereocenters. The average Bonchev–Trinajstić information content (AvgIpc) is 2.84. The summed E-state index contributed by atoms with van der Waals surface area (Å²) < 4.78 is 19.4. The smallest absolute Gasteiger partial charge is 0.127 e. The molecule has 1 aromatic rings. The first-order valence-electron chi connectivity index (χ1n) is 6.33. The molecule has 0 spiro atoms. The third kappa shape index (κ3) is 2.53. The quantitative estimate of drug-likeness (QED) is 0.912. The van der Waals surface area contributed by atoms with Crippen LogP contribution in [0.25, 0.3) is 0 Å². The highest BCUT2D eigenvalue weighted by Gasteiger charge is 2.40. The molecule has 100 valence electrons. The molecule has 1 aliphatic rings. The van der Waals surface area contributed by atoms with Crippen LogP contribution in [0.1, 0.15) is 31.2 Å². The van der Waals surface area contributed by atoms with Crippen molar-refractivity contribution in [2.24, 2.45) is 5.73 Å². The van der Waals surface area contributed by atoms with E-state index >= 15 is 0 Å². The van der Waals surface area contributed by atoms with Gasteiger partial charge in [0.25, 0.3) is 0 Å². The Morgan fingerprint density at radius 3 is 2.67 bits per heavy atom. The first-order valence-corrected chi connectivity index (χ1v) is 6.70. The third-order valence-electron chi connectivity index (χ3n) is 4.02. The zero-order valence-corrected chi connectivity index (χ0v) is 11.3. The van der Waals surface area contributed by atoms with Crippen molar-refractivity contribution < 1.29 is 9.13 Å². The molecule has 0 aliphatic heterocycles. The zero-order chi connectivity index (χ0) is 13.2. The van der Waals surface area contributed by atoms with Crippen LogP contribution in [0.5, 0.6) is 0 Å². The van der Waals surface area contributed by atoms with Gasteiger partial charge in [0.05, 0.1) is 5.60 Å². The van der Waals surface area contributed by atoms with E-state index in [1.165, 1.54) is 6.07 Å². The van der Waals surface area contributed by atoms with E-state index < -0.39 is 0 Å². The van der Waals surface area contributed by atoms with Crippen molar-refractivity contribution in [3.05, 3.63) is 34.6 Å². The summed E-state index contributed by atoms with van der Waals surface area (Å²) >= 11 is 6.03. The first-order chi connectivity index (χ1) is 8.59. The van der Waals surface area contributed by atoms with Gasteiger partial charge in [-0.1, -0.05) is 30.5 Å². The molecule has 0 bridgehead atoms. The Labute approximate surface area is 112 Å². The predicted molar refractivity (Wildman–Crippen MR) is 71.3 cm³/mol. The Bertz CT molecular complexity index is 398. The lowest BCUT2D eigenvalue weighted by molar-refractivity contribution is -0.0255. The molecule has 0 amide bonds. The monoisotopic (exact) mass is 271 g/mol. The van der Waals surface area contributed by atoms with Crippen molar-refractivity contribution in [1.29, 1.82) is 0 Å². The number of benzene rings is 1. The van der Waals surface area contributed by atoms with Gasteiger partial charge in [0.1, 0.15) is 5.82 Å². The summed E-state index contributed by atoms with van der Waals surface area (Å²) in [5, 5.41) is 0.440. The number of ether oxygens (including phenoxy) is 1. The number of nitrogens with two attached hydrogens (primary N) is 1. The Balaban J connectivity index is 2.18. The van der Waals surface area contributed by atoms with E-state index in [9.17, 15) is 4.39 Å². The van der Waals surface area contributed by atoms with Gasteiger partial charge in [-0.15, -0.1) is 0 Å². The maximum absolute atomic E-state index is 13.7. The summed E-state index contributed by atoms with van der Waals surface area (Å²) in [7, 11) is 1.69. The van der Waals surface area contributed by atoms with Crippen molar-refractivity contribution in [2.45, 2.75) is 43.7 Å². The summed E-state index contributed by atoms with van der Waals surface area (Å²) in [6.07, 6.45) is 4.53. The van der Waals surface area contributed by atoms with Crippen LogP contribution >= 0.6 is 11.6 Å². The number of hydrogen-bond donors (Lipinski definition) is 1. The number of methoxy groups -OCH3 is 1. The Morgan fingerprint density at radius 1 is 1.44 bits per heavy atom. The fourth-order valence-electron chi connectivity index (χ4n) is 2.83. The molecular formula is C14H19ClFNO. The van der Waals surface area contributed by atoms with Gasteiger partial charge in [-0.05, 0) is 31.4 Å². The summed E-state index contributed by atoms with van der Waals surface area (Å²) in [5.41, 5.74) is 6.43. The molecular weight excluding hydrogens is 253 g/mol. The van der Waals surface area contributed by atoms with Gasteiger partial charge in [-0.3, -0.25) is 0 Å². The normalized spacial score (nSPS) is 20.0. The molecule has 2 rings (SSSR count). The van der Waals surface area contributed by atoms with Crippen molar-refractivity contribution >= 4 is 11.6 Å². The fraction of sp³-hybridized carbons (Fsp3) is 0.571. The van der Waals surface area contributed by atoms with Gasteiger partial charge < -0.3 is 10.5 Å². The summed E-state index contributed by atoms with van der Waals surface area (Å²) in [5.74, 6) is -0.290. The number of rotatable bonds is 4. The molecule has 1 unspecified atom stereocenters. The molecule has 1 aromatic carbocycles. The van der Waals surface area contributed by atoms with E-state index in [1.807, 2.05) is 0 Å². The highest BCUT2D eigenvalue weighted by Crippen LogP contribution is 2.36. The van der Waals surface area contributed by atoms with Crippen LogP contribution in [0.4, 0.5) is 4.39 Å². The molecule has 2 N–H and O–H groups in total. The number of halogens is 2. The van der Waals surface area contributed by atoms with Gasteiger partial charge in [0.15, 0.2) is 0 Å². The lowest BCUT2D eigenvalue weighted by Crippen LogP contribution is -2.49. The largest absolute Gasteiger partial charge is 0.377 e. The molecule has 0 radical (unpaired) electrons. The van der Waals surface area contributed by atoms with E-state index in [0.717, 1.165) is 25.7 Å². The van der Waals surface area contributed by atoms with Gasteiger partial charge in [-0.25, -0.2) is 4.39 Å². The van der Waals surface area contributed by atoms with E-state index in [4.69, 9.17) is 22.1 Å². The second kappa shape index (κ2) is 5.55. The molecule has 0 saturated heterocycles. The van der Waals surface area contributed by atoms with Gasteiger partial charge in [0.2, 0.25) is 0 Å². The van der Waals surface area contributed by atoms with E-state index in [1.54, 1.807) is 19.2 Å². The van der Waals surface area contributed by atoms with Gasteiger partial charge in [-0.2, -0.15) is 0 Å². The summed E-state index contributed by atoms with van der Waals surface area (Å²) in [4.78, 5) is 0. The minimum Gasteiger partial charge on any atom is -0.377 e. The number of hydrogen-bond acceptors (Lipinski definition) is 2. The molecule has 1 saturated carbocycles. The lowest BCUT2D eigenvalue weighted by atomic mass is 9.88. The van der Waals surface area contributed by atoms with Crippen LogP contribution in [-0.2, 0) is 11.2 Å². The second-order valence-electron chi connectivity index (χ2n) is 4.99. The average molecular weight is 272 g/mol. The minimum absolute atomic E-state index is 0.223. The van der Waals surface area contributed by atoms with Crippen LogP contribution in [0, 0.1) is 5.82 Å². The van der Waals surface area contributed by atoms with E-state index in [2.05, 4.69) is 0 Å². The van der Waals surface area contributed by atoms with Gasteiger partial charge in [0, 0.05) is 23.7 Å². The summed E-state index contributed by atoms with van der Waals surface area (Å²) in [6.45, 7) is 0. The molecule has 1 fully saturated rings. The SMILES string of the molecule is COC1(C(N)Cc2c(F)cccc2Cl)CCCC1. The highest BCUT2D eigenvalue weighted by molar-refractivity contribution is 6.31. The zero-order valence-electron chi connectivity index (χ0n) is 10.6. The maximum atomic E-state index is 13.7. The molecule has 2 nitrogen and oxygen atoms in total.